The summed E-state index contributed by atoms with van der Waals surface area (Å²) in [5.74, 6) is 0.731. The summed E-state index contributed by atoms with van der Waals surface area (Å²) in [6.07, 6.45) is 2.54. The van der Waals surface area contributed by atoms with Gasteiger partial charge in [-0.15, -0.1) is 0 Å². The fraction of sp³-hybridized carbons (Fsp3) is 0.219. The average molecular weight is 570 g/mol. The molecule has 0 atom stereocenters. The lowest BCUT2D eigenvalue weighted by Gasteiger charge is -2.13. The number of phenolic OH excluding ortho intramolecular Hbond substituents is 3. The van der Waals surface area contributed by atoms with Crippen LogP contribution in [0.25, 0.3) is 49.2 Å². The van der Waals surface area contributed by atoms with E-state index >= 15 is 0 Å². The Morgan fingerprint density at radius 1 is 0.833 bits per heavy atom. The number of pyridine rings is 2. The summed E-state index contributed by atoms with van der Waals surface area (Å²) >= 11 is 0. The summed E-state index contributed by atoms with van der Waals surface area (Å²) in [5.41, 5.74) is 2.42. The van der Waals surface area contributed by atoms with Crippen molar-refractivity contribution in [2.75, 3.05) is 41.5 Å². The lowest BCUT2D eigenvalue weighted by Crippen LogP contribution is -2.15. The third-order valence-corrected chi connectivity index (χ3v) is 7.52. The Morgan fingerprint density at radius 3 is 2.26 bits per heavy atom. The molecule has 0 saturated carbocycles. The molecule has 10 nitrogen and oxygen atoms in total. The van der Waals surface area contributed by atoms with Crippen molar-refractivity contribution in [2.24, 2.45) is 0 Å². The van der Waals surface area contributed by atoms with Gasteiger partial charge in [0.25, 0.3) is 5.56 Å². The van der Waals surface area contributed by atoms with Gasteiger partial charge in [0.05, 0.1) is 31.9 Å². The second-order valence-electron chi connectivity index (χ2n) is 10.5. The van der Waals surface area contributed by atoms with E-state index in [9.17, 15) is 20.1 Å². The van der Waals surface area contributed by atoms with E-state index in [1.165, 1.54) is 20.3 Å². The van der Waals surface area contributed by atoms with Crippen molar-refractivity contribution in [1.29, 1.82) is 0 Å². The highest BCUT2D eigenvalue weighted by Gasteiger charge is 2.23. The first-order valence-electron chi connectivity index (χ1n) is 13.4. The van der Waals surface area contributed by atoms with Gasteiger partial charge in [0.1, 0.15) is 5.52 Å². The van der Waals surface area contributed by atoms with Gasteiger partial charge in [-0.05, 0) is 67.9 Å². The van der Waals surface area contributed by atoms with Crippen molar-refractivity contribution in [1.82, 2.24) is 14.3 Å². The first-order valence-corrected chi connectivity index (χ1v) is 13.4. The zero-order valence-corrected chi connectivity index (χ0v) is 23.7. The molecule has 216 valence electrons. The van der Waals surface area contributed by atoms with Gasteiger partial charge in [0.2, 0.25) is 0 Å². The van der Waals surface area contributed by atoms with Gasteiger partial charge in [-0.25, -0.2) is 0 Å². The summed E-state index contributed by atoms with van der Waals surface area (Å²) < 4.78 is 18.5. The highest BCUT2D eigenvalue weighted by molar-refractivity contribution is 6.22. The number of ether oxygens (including phenoxy) is 3. The minimum Gasteiger partial charge on any atom is -0.504 e. The van der Waals surface area contributed by atoms with Crippen molar-refractivity contribution >= 4 is 38.1 Å². The van der Waals surface area contributed by atoms with Crippen LogP contribution in [-0.4, -0.2) is 71.1 Å². The molecule has 6 rings (SSSR count). The number of aromatic hydroxyl groups is 3. The summed E-state index contributed by atoms with van der Waals surface area (Å²) in [5, 5.41) is 34.7. The molecule has 0 unspecified atom stereocenters. The number of H-pyrrole nitrogens is 1. The molecule has 0 aliphatic rings. The van der Waals surface area contributed by atoms with Gasteiger partial charge in [-0.1, -0.05) is 6.07 Å². The molecule has 0 spiro atoms. The summed E-state index contributed by atoms with van der Waals surface area (Å²) in [6.45, 7) is 1.22. The first kappa shape index (κ1) is 27.1. The number of nitrogens with zero attached hydrogens (tertiary/aromatic N) is 2. The zero-order valence-electron chi connectivity index (χ0n) is 23.7. The maximum absolute atomic E-state index is 13.7. The summed E-state index contributed by atoms with van der Waals surface area (Å²) in [4.78, 5) is 18.6. The highest BCUT2D eigenvalue weighted by atomic mass is 16.5. The van der Waals surface area contributed by atoms with Gasteiger partial charge in [0.15, 0.2) is 34.5 Å². The van der Waals surface area contributed by atoms with Crippen LogP contribution in [0.15, 0.2) is 59.5 Å². The third kappa shape index (κ3) is 4.36. The molecule has 0 aliphatic carbocycles. The van der Waals surface area contributed by atoms with E-state index in [0.717, 1.165) is 23.7 Å². The number of hydrogen-bond acceptors (Lipinski definition) is 8. The maximum Gasteiger partial charge on any atom is 0.273 e. The topological polar surface area (TPSA) is 129 Å². The van der Waals surface area contributed by atoms with E-state index in [0.29, 0.717) is 56.6 Å². The third-order valence-electron chi connectivity index (χ3n) is 7.52. The molecule has 0 bridgehead atoms. The number of nitrogens with one attached hydrogen (secondary N) is 1. The standard InChI is InChI=1S/C32H31N3O7/c1-34(2)9-5-11-42-27-15-20-21(16-24(27)38)33-32(39)31-29(20)28(18-6-7-25(40-3)22(36)13-18)30-19-14-26(41-4)23(37)12-17(19)8-10-35(30)31/h6-8,10,12-16,36-38H,5,9,11H2,1-4H3,(H,33,39). The lowest BCUT2D eigenvalue weighted by molar-refractivity contribution is 0.271. The number of methoxy groups -OCH3 is 2. The molecule has 0 aliphatic heterocycles. The number of rotatable bonds is 8. The number of benzene rings is 3. The average Bonchev–Trinajstić information content (AvgIpc) is 3.31. The van der Waals surface area contributed by atoms with Crippen molar-refractivity contribution in [3.05, 3.63) is 65.1 Å². The number of phenols is 3. The van der Waals surface area contributed by atoms with Crippen molar-refractivity contribution in [3.8, 4) is 45.6 Å². The Kier molecular flexibility index (Phi) is 6.70. The van der Waals surface area contributed by atoms with E-state index in [4.69, 9.17) is 14.2 Å². The SMILES string of the molecule is COc1ccc(-c2c3c4cc(OCCCN(C)C)c(O)cc4[nH]c(=O)c3n3ccc4cc(O)c(OC)cc4c23)cc1O. The second-order valence-corrected chi connectivity index (χ2v) is 10.5. The lowest BCUT2D eigenvalue weighted by atomic mass is 9.97. The van der Waals surface area contributed by atoms with Crippen LogP contribution in [0.4, 0.5) is 0 Å². The van der Waals surface area contributed by atoms with Crippen LogP contribution in [0.3, 0.4) is 0 Å². The molecular formula is C32H31N3O7. The van der Waals surface area contributed by atoms with E-state index in [-0.39, 0.29) is 28.6 Å². The monoisotopic (exact) mass is 569 g/mol. The number of aromatic nitrogens is 2. The van der Waals surface area contributed by atoms with E-state index in [2.05, 4.69) is 9.88 Å². The van der Waals surface area contributed by atoms with Gasteiger partial charge in [0, 0.05) is 40.5 Å². The fourth-order valence-electron chi connectivity index (χ4n) is 5.60. The summed E-state index contributed by atoms with van der Waals surface area (Å²) in [6, 6.07) is 13.5. The molecule has 0 radical (unpaired) electrons. The molecule has 0 saturated heterocycles. The van der Waals surface area contributed by atoms with Crippen LogP contribution in [0, 0.1) is 0 Å². The minimum absolute atomic E-state index is 0.0102. The maximum atomic E-state index is 13.7. The van der Waals surface area contributed by atoms with E-state index in [1.54, 1.807) is 40.9 Å². The Bertz CT molecular complexity index is 2060. The Hall–Kier alpha value is -5.09. The largest absolute Gasteiger partial charge is 0.504 e. The molecule has 4 N–H and O–H groups in total. The van der Waals surface area contributed by atoms with Crippen LogP contribution in [-0.2, 0) is 0 Å². The smallest absolute Gasteiger partial charge is 0.273 e. The van der Waals surface area contributed by atoms with Crippen LogP contribution < -0.4 is 19.8 Å². The number of aromatic amines is 1. The molecule has 3 aromatic heterocycles. The predicted octanol–water partition coefficient (Wildman–Crippen LogP) is 5.22. The van der Waals surface area contributed by atoms with Crippen molar-refractivity contribution < 1.29 is 29.5 Å². The van der Waals surface area contributed by atoms with Crippen LogP contribution >= 0.6 is 0 Å². The fourth-order valence-corrected chi connectivity index (χ4v) is 5.60. The van der Waals surface area contributed by atoms with Crippen molar-refractivity contribution in [2.45, 2.75) is 6.42 Å². The molecule has 42 heavy (non-hydrogen) atoms. The van der Waals surface area contributed by atoms with Crippen molar-refractivity contribution in [3.63, 3.8) is 0 Å². The van der Waals surface area contributed by atoms with E-state index in [1.807, 2.05) is 26.2 Å². The Morgan fingerprint density at radius 2 is 1.55 bits per heavy atom. The number of fused-ring (bicyclic) bond motifs is 7. The molecule has 3 heterocycles. The predicted molar refractivity (Wildman–Crippen MR) is 163 cm³/mol. The molecule has 0 fully saturated rings. The molecular weight excluding hydrogens is 538 g/mol. The molecule has 3 aromatic carbocycles. The highest BCUT2D eigenvalue weighted by Crippen LogP contribution is 2.45. The minimum atomic E-state index is -0.361. The van der Waals surface area contributed by atoms with Gasteiger partial charge in [-0.3, -0.25) is 4.79 Å². The van der Waals surface area contributed by atoms with Crippen LogP contribution in [0.2, 0.25) is 0 Å². The first-order chi connectivity index (χ1) is 20.2. The molecule has 6 aromatic rings. The second kappa shape index (κ2) is 10.4. The van der Waals surface area contributed by atoms with Crippen LogP contribution in [0.1, 0.15) is 6.42 Å². The van der Waals surface area contributed by atoms with Gasteiger partial charge >= 0.3 is 0 Å². The zero-order chi connectivity index (χ0) is 29.7. The normalized spacial score (nSPS) is 11.7. The Balaban J connectivity index is 1.75. The van der Waals surface area contributed by atoms with Gasteiger partial charge in [-0.2, -0.15) is 0 Å². The van der Waals surface area contributed by atoms with Crippen LogP contribution in [0.5, 0.6) is 34.5 Å². The molecule has 0 amide bonds. The Labute approximate surface area is 240 Å². The van der Waals surface area contributed by atoms with E-state index < -0.39 is 0 Å². The number of hydrogen-bond donors (Lipinski definition) is 4. The van der Waals surface area contributed by atoms with Gasteiger partial charge < -0.3 is 43.8 Å². The summed E-state index contributed by atoms with van der Waals surface area (Å²) in [7, 11) is 6.92. The molecule has 10 heteroatoms. The quantitative estimate of drug-likeness (QED) is 0.184.